The molecule has 2 fully saturated rings. The van der Waals surface area contributed by atoms with Crippen molar-refractivity contribution in [2.24, 2.45) is 5.92 Å². The molecule has 21 heavy (non-hydrogen) atoms. The lowest BCUT2D eigenvalue weighted by molar-refractivity contribution is -0.145. The predicted octanol–water partition coefficient (Wildman–Crippen LogP) is 2.23. The SMILES string of the molecule is O=C(CC1C(=O)CCN2C(=O)CCCC12)c1ccccc1. The van der Waals surface area contributed by atoms with E-state index in [1.54, 1.807) is 12.1 Å². The number of Topliss-reactive ketones (excluding diaryl/α,β-unsaturated/α-hetero) is 2. The van der Waals surface area contributed by atoms with E-state index in [4.69, 9.17) is 0 Å². The van der Waals surface area contributed by atoms with Gasteiger partial charge in [0.2, 0.25) is 5.91 Å². The summed E-state index contributed by atoms with van der Waals surface area (Å²) in [5.74, 6) is -0.0596. The number of hydrogen-bond donors (Lipinski definition) is 0. The van der Waals surface area contributed by atoms with Gasteiger partial charge in [-0.3, -0.25) is 14.4 Å². The third-order valence-electron chi connectivity index (χ3n) is 4.59. The third-order valence-corrected chi connectivity index (χ3v) is 4.59. The van der Waals surface area contributed by atoms with Crippen LogP contribution in [0.5, 0.6) is 0 Å². The second-order valence-corrected chi connectivity index (χ2v) is 5.86. The molecule has 0 N–H and O–H groups in total. The summed E-state index contributed by atoms with van der Waals surface area (Å²) in [7, 11) is 0. The lowest BCUT2D eigenvalue weighted by Gasteiger charge is -2.43. The minimum absolute atomic E-state index is 0.00572. The smallest absolute Gasteiger partial charge is 0.222 e. The van der Waals surface area contributed by atoms with Crippen LogP contribution in [0.4, 0.5) is 0 Å². The molecule has 1 amide bonds. The van der Waals surface area contributed by atoms with Gasteiger partial charge < -0.3 is 4.90 Å². The number of carbonyl (C=O) groups is 3. The van der Waals surface area contributed by atoms with Crippen LogP contribution in [0, 0.1) is 5.92 Å². The van der Waals surface area contributed by atoms with Gasteiger partial charge in [0.05, 0.1) is 0 Å². The van der Waals surface area contributed by atoms with Crippen LogP contribution in [0.3, 0.4) is 0 Å². The number of piperidine rings is 2. The zero-order valence-corrected chi connectivity index (χ0v) is 12.0. The van der Waals surface area contributed by atoms with Crippen molar-refractivity contribution in [1.29, 1.82) is 0 Å². The van der Waals surface area contributed by atoms with E-state index >= 15 is 0 Å². The summed E-state index contributed by atoms with van der Waals surface area (Å²) in [6.07, 6.45) is 2.84. The normalized spacial score (nSPS) is 25.6. The maximum Gasteiger partial charge on any atom is 0.222 e. The van der Waals surface area contributed by atoms with Gasteiger partial charge in [-0.25, -0.2) is 0 Å². The highest BCUT2D eigenvalue weighted by atomic mass is 16.2. The summed E-state index contributed by atoms with van der Waals surface area (Å²) in [4.78, 5) is 38.4. The molecule has 2 aliphatic heterocycles. The Hall–Kier alpha value is -1.97. The van der Waals surface area contributed by atoms with Gasteiger partial charge in [-0.05, 0) is 12.8 Å². The molecule has 0 radical (unpaired) electrons. The van der Waals surface area contributed by atoms with Crippen molar-refractivity contribution in [3.63, 3.8) is 0 Å². The minimum atomic E-state index is -0.323. The monoisotopic (exact) mass is 285 g/mol. The minimum Gasteiger partial charge on any atom is -0.339 e. The van der Waals surface area contributed by atoms with E-state index in [0.29, 0.717) is 24.9 Å². The highest BCUT2D eigenvalue weighted by Crippen LogP contribution is 2.32. The Morgan fingerprint density at radius 3 is 2.67 bits per heavy atom. The summed E-state index contributed by atoms with van der Waals surface area (Å²) in [6, 6.07) is 9.00. The Labute approximate surface area is 124 Å². The number of ketones is 2. The molecule has 1 aromatic carbocycles. The van der Waals surface area contributed by atoms with E-state index in [1.165, 1.54) is 0 Å². The topological polar surface area (TPSA) is 54.5 Å². The van der Waals surface area contributed by atoms with Crippen LogP contribution in [0.1, 0.15) is 42.5 Å². The lowest BCUT2D eigenvalue weighted by atomic mass is 9.79. The lowest BCUT2D eigenvalue weighted by Crippen LogP contribution is -2.54. The maximum atomic E-state index is 12.4. The number of fused-ring (bicyclic) bond motifs is 1. The molecule has 4 heteroatoms. The first-order valence-corrected chi connectivity index (χ1v) is 7.57. The van der Waals surface area contributed by atoms with Crippen molar-refractivity contribution in [2.45, 2.75) is 38.1 Å². The standard InChI is InChI=1S/C17H19NO3/c19-15-9-10-18-14(7-4-8-17(18)21)13(15)11-16(20)12-5-2-1-3-6-12/h1-3,5-6,13-14H,4,7-11H2. The Morgan fingerprint density at radius 2 is 1.90 bits per heavy atom. The van der Waals surface area contributed by atoms with Crippen LogP contribution in [0.25, 0.3) is 0 Å². The van der Waals surface area contributed by atoms with Gasteiger partial charge in [-0.15, -0.1) is 0 Å². The molecule has 3 rings (SSSR count). The van der Waals surface area contributed by atoms with Crippen LogP contribution in [-0.4, -0.2) is 35.0 Å². The number of amides is 1. The number of carbonyl (C=O) groups excluding carboxylic acids is 3. The van der Waals surface area contributed by atoms with Crippen molar-refractivity contribution < 1.29 is 14.4 Å². The van der Waals surface area contributed by atoms with Crippen LogP contribution in [-0.2, 0) is 9.59 Å². The summed E-state index contributed by atoms with van der Waals surface area (Å²) in [6.45, 7) is 0.526. The fourth-order valence-electron chi connectivity index (χ4n) is 3.48. The summed E-state index contributed by atoms with van der Waals surface area (Å²) in [5.41, 5.74) is 0.643. The van der Waals surface area contributed by atoms with Gasteiger partial charge in [0.15, 0.2) is 5.78 Å². The first-order chi connectivity index (χ1) is 10.2. The van der Waals surface area contributed by atoms with Gasteiger partial charge in [-0.1, -0.05) is 30.3 Å². The molecule has 1 aromatic rings. The largest absolute Gasteiger partial charge is 0.339 e. The Balaban J connectivity index is 1.77. The fraction of sp³-hybridized carbons (Fsp3) is 0.471. The Kier molecular flexibility index (Phi) is 3.86. The molecule has 0 aliphatic carbocycles. The van der Waals surface area contributed by atoms with Crippen molar-refractivity contribution in [2.75, 3.05) is 6.54 Å². The van der Waals surface area contributed by atoms with Crippen molar-refractivity contribution in [3.8, 4) is 0 Å². The van der Waals surface area contributed by atoms with Gasteiger partial charge in [0.1, 0.15) is 5.78 Å². The molecule has 110 valence electrons. The number of benzene rings is 1. The highest BCUT2D eigenvalue weighted by molar-refractivity contribution is 5.99. The molecule has 2 aliphatic rings. The average molecular weight is 285 g/mol. The summed E-state index contributed by atoms with van der Waals surface area (Å²) < 4.78 is 0. The molecule has 0 aromatic heterocycles. The van der Waals surface area contributed by atoms with Crippen molar-refractivity contribution >= 4 is 17.5 Å². The highest BCUT2D eigenvalue weighted by Gasteiger charge is 2.41. The predicted molar refractivity (Wildman–Crippen MR) is 77.9 cm³/mol. The van der Waals surface area contributed by atoms with Gasteiger partial charge in [0.25, 0.3) is 0 Å². The Morgan fingerprint density at radius 1 is 1.14 bits per heavy atom. The molecule has 2 saturated heterocycles. The molecular formula is C17H19NO3. The summed E-state index contributed by atoms with van der Waals surface area (Å²) in [5, 5.41) is 0. The van der Waals surface area contributed by atoms with Crippen LogP contribution >= 0.6 is 0 Å². The number of hydrogen-bond acceptors (Lipinski definition) is 3. The molecule has 2 atom stereocenters. The fourth-order valence-corrected chi connectivity index (χ4v) is 3.48. The van der Waals surface area contributed by atoms with Crippen molar-refractivity contribution in [3.05, 3.63) is 35.9 Å². The molecule has 0 saturated carbocycles. The first-order valence-electron chi connectivity index (χ1n) is 7.57. The van der Waals surface area contributed by atoms with Gasteiger partial charge in [-0.2, -0.15) is 0 Å². The van der Waals surface area contributed by atoms with Gasteiger partial charge >= 0.3 is 0 Å². The quantitative estimate of drug-likeness (QED) is 0.800. The third kappa shape index (κ3) is 2.75. The van der Waals surface area contributed by atoms with Gasteiger partial charge in [0, 0.05) is 43.3 Å². The van der Waals surface area contributed by atoms with Crippen LogP contribution < -0.4 is 0 Å². The van der Waals surface area contributed by atoms with E-state index in [9.17, 15) is 14.4 Å². The van der Waals surface area contributed by atoms with Crippen molar-refractivity contribution in [1.82, 2.24) is 4.90 Å². The van der Waals surface area contributed by atoms with E-state index in [1.807, 2.05) is 23.1 Å². The van der Waals surface area contributed by atoms with Crippen LogP contribution in [0.2, 0.25) is 0 Å². The second-order valence-electron chi connectivity index (χ2n) is 5.86. The van der Waals surface area contributed by atoms with E-state index in [2.05, 4.69) is 0 Å². The van der Waals surface area contributed by atoms with E-state index in [-0.39, 0.29) is 35.9 Å². The molecule has 2 unspecified atom stereocenters. The zero-order chi connectivity index (χ0) is 14.8. The second kappa shape index (κ2) is 5.80. The first kappa shape index (κ1) is 14.0. The molecule has 2 heterocycles. The van der Waals surface area contributed by atoms with Crippen LogP contribution in [0.15, 0.2) is 30.3 Å². The van der Waals surface area contributed by atoms with E-state index < -0.39 is 0 Å². The summed E-state index contributed by atoms with van der Waals surface area (Å²) >= 11 is 0. The zero-order valence-electron chi connectivity index (χ0n) is 12.0. The molecule has 4 nitrogen and oxygen atoms in total. The Bertz CT molecular complexity index is 567. The maximum absolute atomic E-state index is 12.4. The molecule has 0 spiro atoms. The molecule has 0 bridgehead atoms. The number of rotatable bonds is 3. The molecular weight excluding hydrogens is 266 g/mol. The number of nitrogens with zero attached hydrogens (tertiary/aromatic N) is 1. The van der Waals surface area contributed by atoms with E-state index in [0.717, 1.165) is 12.8 Å². The average Bonchev–Trinajstić information content (AvgIpc) is 2.51.